The number of nitriles is 1. The van der Waals surface area contributed by atoms with Crippen LogP contribution in [0.3, 0.4) is 0 Å². The predicted molar refractivity (Wildman–Crippen MR) is 61.7 cm³/mol. The second-order valence-corrected chi connectivity index (χ2v) is 3.45. The molecule has 0 aliphatic heterocycles. The summed E-state index contributed by atoms with van der Waals surface area (Å²) in [6.45, 7) is 1.68. The minimum absolute atomic E-state index is 0.138. The van der Waals surface area contributed by atoms with Crippen molar-refractivity contribution in [1.29, 1.82) is 5.26 Å². The number of carbonyl (C=O) groups excluding carboxylic acids is 1. The molecule has 0 radical (unpaired) electrons. The molecule has 1 N–H and O–H groups in total. The van der Waals surface area contributed by atoms with Gasteiger partial charge in [0.15, 0.2) is 0 Å². The average Bonchev–Trinajstić information content (AvgIpc) is 2.24. The van der Waals surface area contributed by atoms with Gasteiger partial charge in [-0.1, -0.05) is 23.4 Å². The highest BCUT2D eigenvalue weighted by Gasteiger charge is 1.99. The standard InChI is InChI=1S/C12H9ClN2O/c1-9(16)15-6-2-3-10-7-12(13)5-4-11(10)8-14/h4-5,7H,6H2,1H3,(H,15,16). The van der Waals surface area contributed by atoms with Crippen LogP contribution in [-0.4, -0.2) is 12.5 Å². The largest absolute Gasteiger partial charge is 0.345 e. The van der Waals surface area contributed by atoms with Crippen LogP contribution >= 0.6 is 11.6 Å². The van der Waals surface area contributed by atoms with E-state index in [1.165, 1.54) is 6.92 Å². The maximum Gasteiger partial charge on any atom is 0.217 e. The molecule has 0 aliphatic rings. The molecule has 16 heavy (non-hydrogen) atoms. The van der Waals surface area contributed by atoms with E-state index >= 15 is 0 Å². The van der Waals surface area contributed by atoms with Crippen LogP contribution in [0.4, 0.5) is 0 Å². The Labute approximate surface area is 99.0 Å². The van der Waals surface area contributed by atoms with Gasteiger partial charge in [0.1, 0.15) is 6.07 Å². The second-order valence-electron chi connectivity index (χ2n) is 3.01. The Hall–Kier alpha value is -1.97. The van der Waals surface area contributed by atoms with Crippen LogP contribution in [-0.2, 0) is 4.79 Å². The van der Waals surface area contributed by atoms with Gasteiger partial charge in [0, 0.05) is 17.5 Å². The van der Waals surface area contributed by atoms with Crippen molar-refractivity contribution < 1.29 is 4.79 Å². The number of carbonyl (C=O) groups is 1. The molecule has 80 valence electrons. The van der Waals surface area contributed by atoms with Crippen LogP contribution in [0.15, 0.2) is 18.2 Å². The molecule has 1 amide bonds. The summed E-state index contributed by atoms with van der Waals surface area (Å²) in [4.78, 5) is 10.6. The van der Waals surface area contributed by atoms with Gasteiger partial charge in [0.05, 0.1) is 12.1 Å². The van der Waals surface area contributed by atoms with E-state index in [0.29, 0.717) is 16.1 Å². The summed E-state index contributed by atoms with van der Waals surface area (Å²) in [6, 6.07) is 6.90. The third-order valence-electron chi connectivity index (χ3n) is 1.75. The molecular weight excluding hydrogens is 224 g/mol. The molecule has 0 atom stereocenters. The van der Waals surface area contributed by atoms with Gasteiger partial charge in [-0.25, -0.2) is 0 Å². The van der Waals surface area contributed by atoms with Crippen LogP contribution in [0, 0.1) is 23.2 Å². The van der Waals surface area contributed by atoms with E-state index in [1.807, 2.05) is 6.07 Å². The smallest absolute Gasteiger partial charge is 0.217 e. The van der Waals surface area contributed by atoms with Gasteiger partial charge in [-0.3, -0.25) is 4.79 Å². The third kappa shape index (κ3) is 3.65. The van der Waals surface area contributed by atoms with Crippen molar-refractivity contribution in [3.8, 4) is 17.9 Å². The van der Waals surface area contributed by atoms with Gasteiger partial charge in [-0.2, -0.15) is 5.26 Å². The van der Waals surface area contributed by atoms with Gasteiger partial charge < -0.3 is 5.32 Å². The van der Waals surface area contributed by atoms with E-state index in [1.54, 1.807) is 18.2 Å². The summed E-state index contributed by atoms with van der Waals surface area (Å²) in [6.07, 6.45) is 0. The summed E-state index contributed by atoms with van der Waals surface area (Å²) in [5.41, 5.74) is 1.04. The predicted octanol–water partition coefficient (Wildman–Crippen LogP) is 1.70. The number of nitrogens with zero attached hydrogens (tertiary/aromatic N) is 1. The van der Waals surface area contributed by atoms with Crippen molar-refractivity contribution in [1.82, 2.24) is 5.32 Å². The Bertz CT molecular complexity index is 506. The van der Waals surface area contributed by atoms with Crippen molar-refractivity contribution in [3.05, 3.63) is 34.3 Å². The number of benzene rings is 1. The lowest BCUT2D eigenvalue weighted by Crippen LogP contribution is -2.19. The number of halogens is 1. The minimum Gasteiger partial charge on any atom is -0.345 e. The van der Waals surface area contributed by atoms with Gasteiger partial charge in [-0.05, 0) is 18.2 Å². The first kappa shape index (κ1) is 12.1. The van der Waals surface area contributed by atoms with Crippen molar-refractivity contribution in [2.24, 2.45) is 0 Å². The van der Waals surface area contributed by atoms with Crippen LogP contribution in [0.1, 0.15) is 18.1 Å². The number of hydrogen-bond acceptors (Lipinski definition) is 2. The molecule has 1 rings (SSSR count). The summed E-state index contributed by atoms with van der Waals surface area (Å²) < 4.78 is 0. The fourth-order valence-corrected chi connectivity index (χ4v) is 1.20. The Morgan fingerprint density at radius 1 is 1.50 bits per heavy atom. The zero-order chi connectivity index (χ0) is 12.0. The first-order valence-corrected chi connectivity index (χ1v) is 4.94. The highest BCUT2D eigenvalue weighted by Crippen LogP contribution is 2.14. The molecule has 0 aliphatic carbocycles. The number of hydrogen-bond donors (Lipinski definition) is 1. The van der Waals surface area contributed by atoms with Crippen molar-refractivity contribution in [2.45, 2.75) is 6.92 Å². The highest BCUT2D eigenvalue weighted by molar-refractivity contribution is 6.30. The molecule has 0 spiro atoms. The van der Waals surface area contributed by atoms with Gasteiger partial charge in [-0.15, -0.1) is 0 Å². The molecule has 4 heteroatoms. The summed E-state index contributed by atoms with van der Waals surface area (Å²) in [7, 11) is 0. The first-order valence-electron chi connectivity index (χ1n) is 4.56. The number of rotatable bonds is 1. The fraction of sp³-hybridized carbons (Fsp3) is 0.167. The van der Waals surface area contributed by atoms with Crippen LogP contribution in [0.5, 0.6) is 0 Å². The van der Waals surface area contributed by atoms with E-state index in [0.717, 1.165) is 0 Å². The van der Waals surface area contributed by atoms with Gasteiger partial charge >= 0.3 is 0 Å². The number of amides is 1. The van der Waals surface area contributed by atoms with Gasteiger partial charge in [0.25, 0.3) is 0 Å². The van der Waals surface area contributed by atoms with E-state index < -0.39 is 0 Å². The Balaban J connectivity index is 2.83. The van der Waals surface area contributed by atoms with E-state index in [-0.39, 0.29) is 12.5 Å². The maximum atomic E-state index is 10.6. The van der Waals surface area contributed by atoms with Gasteiger partial charge in [0.2, 0.25) is 5.91 Å². The van der Waals surface area contributed by atoms with Crippen molar-refractivity contribution in [2.75, 3.05) is 6.54 Å². The number of nitrogens with one attached hydrogen (secondary N) is 1. The first-order chi connectivity index (χ1) is 7.63. The van der Waals surface area contributed by atoms with Crippen LogP contribution in [0.2, 0.25) is 5.02 Å². The van der Waals surface area contributed by atoms with Crippen LogP contribution in [0.25, 0.3) is 0 Å². The topological polar surface area (TPSA) is 52.9 Å². The zero-order valence-electron chi connectivity index (χ0n) is 8.67. The van der Waals surface area contributed by atoms with E-state index in [2.05, 4.69) is 17.2 Å². The monoisotopic (exact) mass is 232 g/mol. The SMILES string of the molecule is CC(=O)NCC#Cc1cc(Cl)ccc1C#N. The molecular formula is C12H9ClN2O. The molecule has 0 bridgehead atoms. The zero-order valence-corrected chi connectivity index (χ0v) is 9.43. The third-order valence-corrected chi connectivity index (χ3v) is 1.99. The average molecular weight is 233 g/mol. The molecule has 0 heterocycles. The summed E-state index contributed by atoms with van der Waals surface area (Å²) >= 11 is 5.79. The molecule has 0 unspecified atom stereocenters. The Kier molecular flexibility index (Phi) is 4.39. The molecule has 0 aromatic heterocycles. The quantitative estimate of drug-likeness (QED) is 0.750. The lowest BCUT2D eigenvalue weighted by molar-refractivity contribution is -0.118. The summed E-state index contributed by atoms with van der Waals surface area (Å²) in [5, 5.41) is 11.9. The molecule has 3 nitrogen and oxygen atoms in total. The lowest BCUT2D eigenvalue weighted by Gasteiger charge is -1.96. The Morgan fingerprint density at radius 2 is 2.25 bits per heavy atom. The molecule has 1 aromatic carbocycles. The lowest BCUT2D eigenvalue weighted by atomic mass is 10.1. The second kappa shape index (κ2) is 5.80. The molecule has 1 aromatic rings. The van der Waals surface area contributed by atoms with Crippen molar-refractivity contribution >= 4 is 17.5 Å². The maximum absolute atomic E-state index is 10.6. The van der Waals surface area contributed by atoms with E-state index in [9.17, 15) is 4.79 Å². The summed E-state index contributed by atoms with van der Waals surface area (Å²) in [5.74, 6) is 5.39. The van der Waals surface area contributed by atoms with Crippen molar-refractivity contribution in [3.63, 3.8) is 0 Å². The van der Waals surface area contributed by atoms with Crippen LogP contribution < -0.4 is 5.32 Å². The molecule has 0 saturated carbocycles. The Morgan fingerprint density at radius 3 is 2.88 bits per heavy atom. The normalized spacial score (nSPS) is 8.56. The molecule has 0 saturated heterocycles. The highest BCUT2D eigenvalue weighted by atomic mass is 35.5. The fourth-order valence-electron chi connectivity index (χ4n) is 1.03. The van der Waals surface area contributed by atoms with E-state index in [4.69, 9.17) is 16.9 Å². The molecule has 0 fully saturated rings. The minimum atomic E-state index is -0.138.